The predicted molar refractivity (Wildman–Crippen MR) is 85.4 cm³/mol. The zero-order chi connectivity index (χ0) is 14.5. The van der Waals surface area contributed by atoms with Crippen molar-refractivity contribution in [3.8, 4) is 5.75 Å². The predicted octanol–water partition coefficient (Wildman–Crippen LogP) is 3.04. The molecule has 0 aliphatic carbocycles. The number of aryl methyl sites for hydroxylation is 1. The van der Waals surface area contributed by atoms with Crippen LogP contribution in [0.2, 0.25) is 0 Å². The quantitative estimate of drug-likeness (QED) is 0.629. The summed E-state index contributed by atoms with van der Waals surface area (Å²) in [6.07, 6.45) is 5.97. The van der Waals surface area contributed by atoms with Crippen LogP contribution in [0.25, 0.3) is 5.65 Å². The summed E-state index contributed by atoms with van der Waals surface area (Å²) in [6.45, 7) is 4.88. The molecule has 2 N–H and O–H groups in total. The number of nitrogens with two attached hydrogens (primary N) is 1. The minimum Gasteiger partial charge on any atom is -0.490 e. The van der Waals surface area contributed by atoms with Gasteiger partial charge in [0.15, 0.2) is 11.4 Å². The lowest BCUT2D eigenvalue weighted by Crippen LogP contribution is -2.13. The molecule has 108 valence electrons. The number of thiocarbonyl (C=S) groups is 1. The molecule has 2 aromatic rings. The lowest BCUT2D eigenvalue weighted by Gasteiger charge is -2.07. The Labute approximate surface area is 125 Å². The molecule has 0 saturated carbocycles. The normalized spacial score (nSPS) is 10.9. The van der Waals surface area contributed by atoms with Crippen molar-refractivity contribution in [3.05, 3.63) is 29.7 Å². The Morgan fingerprint density at radius 3 is 2.95 bits per heavy atom. The van der Waals surface area contributed by atoms with Crippen LogP contribution in [0.3, 0.4) is 0 Å². The Kier molecular flexibility index (Phi) is 4.95. The third-order valence-corrected chi connectivity index (χ3v) is 3.40. The molecule has 0 unspecified atom stereocenters. The molecule has 0 aliphatic heterocycles. The minimum absolute atomic E-state index is 0.476. The van der Waals surface area contributed by atoms with Crippen molar-refractivity contribution in [1.82, 2.24) is 9.38 Å². The van der Waals surface area contributed by atoms with Crippen LogP contribution in [0, 0.1) is 6.92 Å². The fourth-order valence-electron chi connectivity index (χ4n) is 2.23. The molecular weight excluding hydrogens is 270 g/mol. The molecule has 5 heteroatoms. The van der Waals surface area contributed by atoms with Gasteiger partial charge in [0.05, 0.1) is 23.0 Å². The Bertz CT molecular complexity index is 606. The van der Waals surface area contributed by atoms with Crippen molar-refractivity contribution < 1.29 is 4.74 Å². The molecule has 0 bridgehead atoms. The first kappa shape index (κ1) is 14.8. The molecule has 0 fully saturated rings. The average Bonchev–Trinajstić information content (AvgIpc) is 2.72. The topological polar surface area (TPSA) is 52.5 Å². The van der Waals surface area contributed by atoms with Crippen LogP contribution in [-0.2, 0) is 6.42 Å². The molecule has 0 saturated heterocycles. The Hall–Kier alpha value is -1.62. The van der Waals surface area contributed by atoms with E-state index in [1.165, 1.54) is 12.8 Å². The van der Waals surface area contributed by atoms with E-state index in [1.807, 2.05) is 29.7 Å². The molecule has 4 nitrogen and oxygen atoms in total. The van der Waals surface area contributed by atoms with Crippen molar-refractivity contribution >= 4 is 22.9 Å². The molecule has 0 aromatic carbocycles. The first-order valence-corrected chi connectivity index (χ1v) is 7.42. The highest BCUT2D eigenvalue weighted by Gasteiger charge is 2.12. The van der Waals surface area contributed by atoms with Gasteiger partial charge in [-0.15, -0.1) is 0 Å². The first-order chi connectivity index (χ1) is 9.63. The number of unbranched alkanes of at least 4 members (excludes halogenated alkanes) is 2. The fourth-order valence-corrected chi connectivity index (χ4v) is 2.37. The van der Waals surface area contributed by atoms with Gasteiger partial charge in [-0.25, -0.2) is 4.98 Å². The van der Waals surface area contributed by atoms with E-state index in [4.69, 9.17) is 22.7 Å². The largest absolute Gasteiger partial charge is 0.490 e. The van der Waals surface area contributed by atoms with Crippen molar-refractivity contribution in [2.75, 3.05) is 6.61 Å². The second-order valence-electron chi connectivity index (χ2n) is 4.91. The molecule has 0 amide bonds. The number of pyridine rings is 1. The Morgan fingerprint density at radius 1 is 1.45 bits per heavy atom. The van der Waals surface area contributed by atoms with Gasteiger partial charge in [-0.1, -0.05) is 32.0 Å². The molecule has 2 aromatic heterocycles. The van der Waals surface area contributed by atoms with Crippen molar-refractivity contribution in [2.24, 2.45) is 5.73 Å². The van der Waals surface area contributed by atoms with Crippen molar-refractivity contribution in [1.29, 1.82) is 0 Å². The van der Waals surface area contributed by atoms with E-state index >= 15 is 0 Å². The fraction of sp³-hybridized carbons (Fsp3) is 0.467. The number of ether oxygens (including phenoxy) is 1. The van der Waals surface area contributed by atoms with Crippen LogP contribution in [0.5, 0.6) is 5.75 Å². The number of fused-ring (bicyclic) bond motifs is 1. The molecule has 0 radical (unpaired) electrons. The van der Waals surface area contributed by atoms with Gasteiger partial charge in [0.2, 0.25) is 0 Å². The van der Waals surface area contributed by atoms with E-state index in [0.29, 0.717) is 11.4 Å². The summed E-state index contributed by atoms with van der Waals surface area (Å²) in [7, 11) is 0. The third-order valence-electron chi connectivity index (χ3n) is 3.26. The molecule has 2 rings (SSSR count). The van der Waals surface area contributed by atoms with Gasteiger partial charge >= 0.3 is 0 Å². The minimum atomic E-state index is 0.476. The van der Waals surface area contributed by atoms with Crippen LogP contribution < -0.4 is 10.5 Å². The van der Waals surface area contributed by atoms with Gasteiger partial charge < -0.3 is 14.9 Å². The van der Waals surface area contributed by atoms with Crippen LogP contribution in [0.1, 0.15) is 37.6 Å². The van der Waals surface area contributed by atoms with Gasteiger partial charge in [-0.05, 0) is 25.5 Å². The van der Waals surface area contributed by atoms with E-state index in [9.17, 15) is 0 Å². The average molecular weight is 291 g/mol. The lowest BCUT2D eigenvalue weighted by molar-refractivity contribution is 0.308. The van der Waals surface area contributed by atoms with E-state index < -0.39 is 0 Å². The molecule has 0 aliphatic rings. The number of rotatable bonds is 7. The molecule has 0 atom stereocenters. The molecule has 2 heterocycles. The van der Waals surface area contributed by atoms with E-state index in [-0.39, 0.29) is 0 Å². The standard InChI is InChI=1S/C15H21N3OS/c1-3-4-5-9-19-13-7-6-8-18-12(10-14(16)20)11(2)17-15(13)18/h6-8H,3-5,9-10H2,1-2H3,(H2,16,20). The van der Waals surface area contributed by atoms with Gasteiger partial charge in [-0.2, -0.15) is 0 Å². The smallest absolute Gasteiger partial charge is 0.180 e. The summed E-state index contributed by atoms with van der Waals surface area (Å²) in [5.74, 6) is 0.820. The van der Waals surface area contributed by atoms with Crippen LogP contribution in [0.15, 0.2) is 18.3 Å². The number of imidazole rings is 1. The summed E-state index contributed by atoms with van der Waals surface area (Å²) in [5.41, 5.74) is 8.48. The Morgan fingerprint density at radius 2 is 2.25 bits per heavy atom. The number of nitrogens with zero attached hydrogens (tertiary/aromatic N) is 2. The van der Waals surface area contributed by atoms with Crippen LogP contribution >= 0.6 is 12.2 Å². The van der Waals surface area contributed by atoms with Gasteiger partial charge in [0, 0.05) is 12.6 Å². The SMILES string of the molecule is CCCCCOc1cccn2c(CC(N)=S)c(C)nc12. The summed E-state index contributed by atoms with van der Waals surface area (Å²) in [5, 5.41) is 0. The summed E-state index contributed by atoms with van der Waals surface area (Å²) in [4.78, 5) is 5.06. The second-order valence-corrected chi connectivity index (χ2v) is 5.43. The van der Waals surface area contributed by atoms with E-state index in [2.05, 4.69) is 11.9 Å². The second kappa shape index (κ2) is 6.70. The summed E-state index contributed by atoms with van der Waals surface area (Å²) in [6, 6.07) is 3.92. The maximum Gasteiger partial charge on any atom is 0.180 e. The van der Waals surface area contributed by atoms with Crippen molar-refractivity contribution in [3.63, 3.8) is 0 Å². The van der Waals surface area contributed by atoms with Gasteiger partial charge in [-0.3, -0.25) is 0 Å². The maximum atomic E-state index is 5.85. The highest BCUT2D eigenvalue weighted by atomic mass is 32.1. The van der Waals surface area contributed by atoms with Crippen LogP contribution in [-0.4, -0.2) is 21.0 Å². The van der Waals surface area contributed by atoms with Crippen molar-refractivity contribution in [2.45, 2.75) is 39.5 Å². The van der Waals surface area contributed by atoms with Gasteiger partial charge in [0.1, 0.15) is 0 Å². The highest BCUT2D eigenvalue weighted by molar-refractivity contribution is 7.80. The Balaban J connectivity index is 2.26. The monoisotopic (exact) mass is 291 g/mol. The van der Waals surface area contributed by atoms with E-state index in [1.54, 1.807) is 0 Å². The number of aromatic nitrogens is 2. The third kappa shape index (κ3) is 3.28. The summed E-state index contributed by atoms with van der Waals surface area (Å²) < 4.78 is 7.86. The molecule has 20 heavy (non-hydrogen) atoms. The first-order valence-electron chi connectivity index (χ1n) is 7.01. The number of hydrogen-bond donors (Lipinski definition) is 1. The molecule has 0 spiro atoms. The zero-order valence-electron chi connectivity index (χ0n) is 12.1. The zero-order valence-corrected chi connectivity index (χ0v) is 12.9. The molecular formula is C15H21N3OS. The van der Waals surface area contributed by atoms with E-state index in [0.717, 1.165) is 35.8 Å². The lowest BCUT2D eigenvalue weighted by atomic mass is 10.2. The van der Waals surface area contributed by atoms with Gasteiger partial charge in [0.25, 0.3) is 0 Å². The highest BCUT2D eigenvalue weighted by Crippen LogP contribution is 2.22. The number of hydrogen-bond acceptors (Lipinski definition) is 3. The van der Waals surface area contributed by atoms with Crippen LogP contribution in [0.4, 0.5) is 0 Å². The maximum absolute atomic E-state index is 5.85. The summed E-state index contributed by atoms with van der Waals surface area (Å²) >= 11 is 5.00.